The number of rotatable bonds is 7. The highest BCUT2D eigenvalue weighted by Crippen LogP contribution is 2.15. The molecule has 0 atom stereocenters. The van der Waals surface area contributed by atoms with Crippen molar-refractivity contribution < 1.29 is 13.2 Å². The fourth-order valence-corrected chi connectivity index (χ4v) is 3.95. The van der Waals surface area contributed by atoms with Crippen LogP contribution in [0.25, 0.3) is 0 Å². The molecular formula is C16H23ClN2O3S. The Labute approximate surface area is 142 Å². The van der Waals surface area contributed by atoms with E-state index in [2.05, 4.69) is 10.2 Å². The van der Waals surface area contributed by atoms with E-state index in [9.17, 15) is 13.2 Å². The number of carbonyl (C=O) groups is 1. The third kappa shape index (κ3) is 6.12. The summed E-state index contributed by atoms with van der Waals surface area (Å²) in [5.41, 5.74) is 0. The predicted molar refractivity (Wildman–Crippen MR) is 91.4 cm³/mol. The van der Waals surface area contributed by atoms with Crippen LogP contribution in [0.2, 0.25) is 5.02 Å². The molecule has 0 aromatic heterocycles. The molecule has 128 valence electrons. The van der Waals surface area contributed by atoms with E-state index in [0.29, 0.717) is 11.6 Å². The average Bonchev–Trinajstić information content (AvgIpc) is 2.52. The van der Waals surface area contributed by atoms with Gasteiger partial charge in [0.2, 0.25) is 5.91 Å². The Morgan fingerprint density at radius 1 is 1.13 bits per heavy atom. The topological polar surface area (TPSA) is 66.5 Å². The van der Waals surface area contributed by atoms with Crippen LogP contribution in [-0.2, 0) is 14.6 Å². The lowest BCUT2D eigenvalue weighted by atomic mass is 10.1. The van der Waals surface area contributed by atoms with Gasteiger partial charge < -0.3 is 10.2 Å². The number of piperidine rings is 1. The normalized spacial score (nSPS) is 16.2. The molecule has 1 N–H and O–H groups in total. The van der Waals surface area contributed by atoms with Gasteiger partial charge in [0, 0.05) is 11.6 Å². The molecule has 0 bridgehead atoms. The number of nitrogens with zero attached hydrogens (tertiary/aromatic N) is 1. The van der Waals surface area contributed by atoms with Gasteiger partial charge in [-0.3, -0.25) is 4.79 Å². The Balaban J connectivity index is 1.72. The molecule has 2 rings (SSSR count). The largest absolute Gasteiger partial charge is 0.355 e. The first-order valence-electron chi connectivity index (χ1n) is 7.95. The number of likely N-dealkylation sites (tertiary alicyclic amines) is 1. The number of nitrogens with one attached hydrogen (secondary N) is 1. The van der Waals surface area contributed by atoms with Crippen LogP contribution >= 0.6 is 11.6 Å². The quantitative estimate of drug-likeness (QED) is 0.758. The van der Waals surface area contributed by atoms with Gasteiger partial charge >= 0.3 is 0 Å². The molecule has 5 nitrogen and oxygen atoms in total. The smallest absolute Gasteiger partial charge is 0.235 e. The average molecular weight is 359 g/mol. The second kappa shape index (κ2) is 8.66. The third-order valence-electron chi connectivity index (χ3n) is 3.92. The van der Waals surface area contributed by atoms with Gasteiger partial charge in [0.1, 0.15) is 5.75 Å². The summed E-state index contributed by atoms with van der Waals surface area (Å²) in [7, 11) is -3.61. The maximum absolute atomic E-state index is 12.1. The van der Waals surface area contributed by atoms with Gasteiger partial charge in [0.05, 0.1) is 4.90 Å². The second-order valence-corrected chi connectivity index (χ2v) is 8.24. The highest BCUT2D eigenvalue weighted by atomic mass is 35.5. The number of halogens is 1. The van der Waals surface area contributed by atoms with Crippen molar-refractivity contribution in [2.24, 2.45) is 0 Å². The van der Waals surface area contributed by atoms with Gasteiger partial charge in [-0.15, -0.1) is 0 Å². The molecule has 1 aromatic carbocycles. The van der Waals surface area contributed by atoms with Gasteiger partial charge in [0.25, 0.3) is 0 Å². The Kier molecular flexibility index (Phi) is 6.87. The molecule has 0 spiro atoms. The minimum Gasteiger partial charge on any atom is -0.355 e. The fourth-order valence-electron chi connectivity index (χ4n) is 2.66. The highest BCUT2D eigenvalue weighted by molar-refractivity contribution is 7.92. The highest BCUT2D eigenvalue weighted by Gasteiger charge is 2.19. The van der Waals surface area contributed by atoms with Gasteiger partial charge in [-0.2, -0.15) is 0 Å². The van der Waals surface area contributed by atoms with Crippen LogP contribution < -0.4 is 5.32 Å². The molecule has 1 amide bonds. The zero-order valence-corrected chi connectivity index (χ0v) is 14.7. The molecule has 23 heavy (non-hydrogen) atoms. The summed E-state index contributed by atoms with van der Waals surface area (Å²) >= 11 is 5.74. The maximum Gasteiger partial charge on any atom is 0.235 e. The van der Waals surface area contributed by atoms with E-state index in [-0.39, 0.29) is 4.90 Å². The van der Waals surface area contributed by atoms with E-state index in [1.54, 1.807) is 0 Å². The molecule has 1 saturated heterocycles. The molecule has 1 aromatic rings. The van der Waals surface area contributed by atoms with E-state index in [0.717, 1.165) is 26.1 Å². The number of hydrogen-bond acceptors (Lipinski definition) is 4. The summed E-state index contributed by atoms with van der Waals surface area (Å²) < 4.78 is 24.2. The number of carbonyl (C=O) groups excluding carboxylic acids is 1. The van der Waals surface area contributed by atoms with Crippen molar-refractivity contribution in [3.8, 4) is 0 Å². The summed E-state index contributed by atoms with van der Waals surface area (Å²) in [5, 5.41) is 3.15. The lowest BCUT2D eigenvalue weighted by Gasteiger charge is -2.26. The first kappa shape index (κ1) is 18.2. The van der Waals surface area contributed by atoms with Crippen molar-refractivity contribution in [1.82, 2.24) is 10.2 Å². The first-order chi connectivity index (χ1) is 11.0. The number of sulfone groups is 1. The maximum atomic E-state index is 12.1. The molecule has 1 heterocycles. The van der Waals surface area contributed by atoms with Crippen molar-refractivity contribution in [2.75, 3.05) is 31.9 Å². The molecule has 1 fully saturated rings. The summed E-state index contributed by atoms with van der Waals surface area (Å²) in [4.78, 5) is 14.3. The summed E-state index contributed by atoms with van der Waals surface area (Å²) in [5.74, 6) is -0.989. The lowest BCUT2D eigenvalue weighted by Crippen LogP contribution is -2.35. The van der Waals surface area contributed by atoms with E-state index in [4.69, 9.17) is 11.6 Å². The molecule has 0 aliphatic carbocycles. The minimum absolute atomic E-state index is 0.116. The van der Waals surface area contributed by atoms with Gasteiger partial charge in [-0.25, -0.2) is 8.42 Å². The van der Waals surface area contributed by atoms with Crippen LogP contribution in [0.3, 0.4) is 0 Å². The molecule has 1 aliphatic rings. The van der Waals surface area contributed by atoms with Crippen LogP contribution in [0.1, 0.15) is 25.7 Å². The molecule has 0 unspecified atom stereocenters. The molecule has 0 radical (unpaired) electrons. The number of amides is 1. The number of hydrogen-bond donors (Lipinski definition) is 1. The Hall–Kier alpha value is -1.11. The fraction of sp³-hybridized carbons (Fsp3) is 0.562. The molecule has 0 saturated carbocycles. The zero-order valence-electron chi connectivity index (χ0n) is 13.1. The Morgan fingerprint density at radius 3 is 2.43 bits per heavy atom. The zero-order chi connectivity index (χ0) is 16.7. The van der Waals surface area contributed by atoms with Crippen LogP contribution in [0.4, 0.5) is 0 Å². The van der Waals surface area contributed by atoms with Gasteiger partial charge in [-0.1, -0.05) is 18.0 Å². The van der Waals surface area contributed by atoms with E-state index >= 15 is 0 Å². The van der Waals surface area contributed by atoms with Crippen molar-refractivity contribution in [1.29, 1.82) is 0 Å². The lowest BCUT2D eigenvalue weighted by molar-refractivity contribution is -0.118. The summed E-state index contributed by atoms with van der Waals surface area (Å²) in [6.07, 6.45) is 4.62. The monoisotopic (exact) mass is 358 g/mol. The standard InChI is InChI=1S/C16H23ClN2O3S/c17-14-5-7-15(8-6-14)23(21,22)13-16(20)18-9-4-12-19-10-2-1-3-11-19/h5-8H,1-4,9-13H2,(H,18,20). The Morgan fingerprint density at radius 2 is 1.78 bits per heavy atom. The SMILES string of the molecule is O=C(CS(=O)(=O)c1ccc(Cl)cc1)NCCCN1CCCCC1. The Bertz CT molecular complexity index is 611. The van der Waals surface area contributed by atoms with Crippen molar-refractivity contribution in [2.45, 2.75) is 30.6 Å². The number of benzene rings is 1. The molecular weight excluding hydrogens is 336 g/mol. The van der Waals surface area contributed by atoms with Gasteiger partial charge in [-0.05, 0) is 63.2 Å². The van der Waals surface area contributed by atoms with E-state index in [1.807, 2.05) is 0 Å². The molecule has 1 aliphatic heterocycles. The van der Waals surface area contributed by atoms with Crippen LogP contribution in [-0.4, -0.2) is 51.2 Å². The minimum atomic E-state index is -3.61. The third-order valence-corrected chi connectivity index (χ3v) is 5.80. The van der Waals surface area contributed by atoms with Crippen LogP contribution in [0.15, 0.2) is 29.2 Å². The van der Waals surface area contributed by atoms with Crippen LogP contribution in [0, 0.1) is 0 Å². The van der Waals surface area contributed by atoms with Crippen LogP contribution in [0.5, 0.6) is 0 Å². The van der Waals surface area contributed by atoms with Gasteiger partial charge in [0.15, 0.2) is 9.84 Å². The van der Waals surface area contributed by atoms with E-state index in [1.165, 1.54) is 43.5 Å². The molecule has 7 heteroatoms. The second-order valence-electron chi connectivity index (χ2n) is 5.82. The first-order valence-corrected chi connectivity index (χ1v) is 9.98. The predicted octanol–water partition coefficient (Wildman–Crippen LogP) is 2.11. The summed E-state index contributed by atoms with van der Waals surface area (Å²) in [6.45, 7) is 3.70. The van der Waals surface area contributed by atoms with Crippen molar-refractivity contribution >= 4 is 27.3 Å². The van der Waals surface area contributed by atoms with Crippen molar-refractivity contribution in [3.05, 3.63) is 29.3 Å². The van der Waals surface area contributed by atoms with Crippen molar-refractivity contribution in [3.63, 3.8) is 0 Å². The summed E-state index contributed by atoms with van der Waals surface area (Å²) in [6, 6.07) is 5.85. The van der Waals surface area contributed by atoms with E-state index < -0.39 is 21.5 Å².